The minimum Gasteiger partial charge on any atom is -0.508 e. The molecule has 0 radical (unpaired) electrons. The normalized spacial score (nSPS) is 19.4. The van der Waals surface area contributed by atoms with E-state index in [2.05, 4.69) is 47.2 Å². The van der Waals surface area contributed by atoms with Crippen molar-refractivity contribution in [2.45, 2.75) is 99.8 Å². The molecule has 69 heavy (non-hydrogen) atoms. The van der Waals surface area contributed by atoms with Crippen molar-refractivity contribution in [1.29, 1.82) is 0 Å². The summed E-state index contributed by atoms with van der Waals surface area (Å²) in [5.41, 5.74) is 29.1. The van der Waals surface area contributed by atoms with Crippen molar-refractivity contribution in [2.24, 2.45) is 38.7 Å². The lowest BCUT2D eigenvalue weighted by Gasteiger charge is -2.28. The third-order valence-electron chi connectivity index (χ3n) is 10.1. The second-order valence-corrected chi connectivity index (χ2v) is 19.6. The fourth-order valence-corrected chi connectivity index (χ4v) is 9.09. The van der Waals surface area contributed by atoms with Gasteiger partial charge in [0, 0.05) is 36.6 Å². The molecule has 26 heteroatoms. The molecule has 1 fully saturated rings. The van der Waals surface area contributed by atoms with Gasteiger partial charge in [0.1, 0.15) is 36.0 Å². The number of hydrogen-bond acceptors (Lipinski definition) is 14. The third kappa shape index (κ3) is 21.8. The summed E-state index contributed by atoms with van der Waals surface area (Å²) in [6.45, 7) is 3.09. The quantitative estimate of drug-likeness (QED) is 0.0287. The van der Waals surface area contributed by atoms with E-state index in [0.29, 0.717) is 11.1 Å². The minimum atomic E-state index is -1.47. The molecule has 7 amide bonds. The van der Waals surface area contributed by atoms with Crippen molar-refractivity contribution in [3.05, 3.63) is 65.7 Å². The molecular weight excluding hydrogens is 937 g/mol. The Morgan fingerprint density at radius 2 is 1.42 bits per heavy atom. The Balaban J connectivity index is 1.91. The number of carboxylic acids is 1. The summed E-state index contributed by atoms with van der Waals surface area (Å²) in [6, 6.07) is 6.62. The van der Waals surface area contributed by atoms with Gasteiger partial charge in [-0.3, -0.25) is 43.5 Å². The van der Waals surface area contributed by atoms with Gasteiger partial charge in [-0.1, -0.05) is 64.1 Å². The number of aromatic hydroxyl groups is 1. The second kappa shape index (κ2) is 28.5. The summed E-state index contributed by atoms with van der Waals surface area (Å²) in [7, 11) is 2.40. The van der Waals surface area contributed by atoms with E-state index in [9.17, 15) is 48.6 Å². The number of carbonyl (C=O) groups excluding carboxylic acids is 7. The van der Waals surface area contributed by atoms with Gasteiger partial charge >= 0.3 is 5.97 Å². The van der Waals surface area contributed by atoms with Crippen molar-refractivity contribution < 1.29 is 48.6 Å². The molecule has 0 bridgehead atoms. The first-order valence-corrected chi connectivity index (χ1v) is 24.2. The van der Waals surface area contributed by atoms with E-state index >= 15 is 0 Å². The average molecular weight is 1000 g/mol. The predicted molar refractivity (Wildman–Crippen MR) is 262 cm³/mol. The molecular formula is C43H64N14O10S2. The summed E-state index contributed by atoms with van der Waals surface area (Å²) in [5.74, 6) is -7.41. The Hall–Kier alpha value is -6.80. The highest BCUT2D eigenvalue weighted by Gasteiger charge is 2.34. The number of aliphatic imine (C=N–C) groups is 2. The zero-order valence-electron chi connectivity index (χ0n) is 38.4. The highest BCUT2D eigenvalue weighted by atomic mass is 33.1. The van der Waals surface area contributed by atoms with Gasteiger partial charge in [0.25, 0.3) is 0 Å². The molecule has 0 spiro atoms. The van der Waals surface area contributed by atoms with Crippen LogP contribution in [0, 0.1) is 0 Å². The Kier molecular flexibility index (Phi) is 23.4. The first-order valence-electron chi connectivity index (χ1n) is 21.9. The first-order chi connectivity index (χ1) is 32.6. The van der Waals surface area contributed by atoms with E-state index in [1.165, 1.54) is 22.9 Å². The standard InChI is InChI=1S/C43H64N14O10S2/c1-43(2)23-52-33(59)20-31(56-35(61)27(44)18-25-12-14-26(58)15-13-25)36(62)51-21-34(60)53-30(19-24-8-4-3-5-9-24)38(64)57-32(22-68-69-43)39(65)54-28(10-6-16-49-41(45)46)37(63)55-29(40(66)67)11-7-17-50-42(47)48/h3-5,8-9,12-15,27-32,58H,6-7,10-11,16-23,44H2,1-2H3,(H,51,62)(H,52,59)(H,53,60)(H,54,65)(H,55,63)(H,56,61)(H,57,64)(H,66,67)(H4,45,46,49)(H4,47,48,50). The van der Waals surface area contributed by atoms with Crippen LogP contribution >= 0.6 is 21.6 Å². The van der Waals surface area contributed by atoms with Crippen LogP contribution in [0.4, 0.5) is 0 Å². The number of nitrogens with one attached hydrogen (secondary N) is 7. The summed E-state index contributed by atoms with van der Waals surface area (Å²) in [4.78, 5) is 116. The lowest BCUT2D eigenvalue weighted by Crippen LogP contribution is -2.59. The lowest BCUT2D eigenvalue weighted by molar-refractivity contribution is -0.142. The van der Waals surface area contributed by atoms with E-state index < -0.39 is 101 Å². The molecule has 0 aliphatic carbocycles. The third-order valence-corrected chi connectivity index (χ3v) is 13.4. The number of nitrogens with zero attached hydrogens (tertiary/aromatic N) is 2. The summed E-state index contributed by atoms with van der Waals surface area (Å²) >= 11 is 0. The Morgan fingerprint density at radius 3 is 2.03 bits per heavy atom. The Morgan fingerprint density at radius 1 is 0.797 bits per heavy atom. The molecule has 1 heterocycles. The van der Waals surface area contributed by atoms with Crippen molar-refractivity contribution in [2.75, 3.05) is 31.9 Å². The maximum absolute atomic E-state index is 14.3. The zero-order chi connectivity index (χ0) is 51.1. The highest BCUT2D eigenvalue weighted by Crippen LogP contribution is 2.35. The van der Waals surface area contributed by atoms with Gasteiger partial charge in [-0.15, -0.1) is 0 Å². The number of nitrogens with two attached hydrogens (primary N) is 5. The number of carboxylic acid groups (broad SMARTS) is 1. The first kappa shape index (κ1) is 56.5. The average Bonchev–Trinajstić information content (AvgIpc) is 3.29. The van der Waals surface area contributed by atoms with E-state index in [-0.39, 0.29) is 81.6 Å². The molecule has 1 saturated heterocycles. The fourth-order valence-electron chi connectivity index (χ4n) is 6.45. The number of benzene rings is 2. The smallest absolute Gasteiger partial charge is 0.326 e. The number of rotatable bonds is 19. The second-order valence-electron chi connectivity index (χ2n) is 16.6. The maximum Gasteiger partial charge on any atom is 0.326 e. The van der Waals surface area contributed by atoms with Gasteiger partial charge in [-0.05, 0) is 69.2 Å². The fraction of sp³-hybridized carbons (Fsp3) is 0.488. The monoisotopic (exact) mass is 1000 g/mol. The van der Waals surface area contributed by atoms with Crippen molar-refractivity contribution in [3.63, 3.8) is 0 Å². The minimum absolute atomic E-state index is 0.0189. The summed E-state index contributed by atoms with van der Waals surface area (Å²) in [6.07, 6.45) is -0.302. The Labute approximate surface area is 407 Å². The van der Waals surface area contributed by atoms with Crippen LogP contribution in [0.2, 0.25) is 0 Å². The number of hydrogen-bond donors (Lipinski definition) is 14. The molecule has 0 aromatic heterocycles. The predicted octanol–water partition coefficient (Wildman–Crippen LogP) is -3.08. The van der Waals surface area contributed by atoms with Gasteiger partial charge in [-0.25, -0.2) is 4.79 Å². The van der Waals surface area contributed by atoms with Gasteiger partial charge < -0.3 is 76.1 Å². The van der Waals surface area contributed by atoms with Crippen LogP contribution in [-0.2, 0) is 51.2 Å². The van der Waals surface area contributed by atoms with E-state index in [4.69, 9.17) is 28.7 Å². The Bertz CT molecular complexity index is 2140. The molecule has 19 N–H and O–H groups in total. The van der Waals surface area contributed by atoms with E-state index in [1.54, 1.807) is 56.3 Å². The lowest BCUT2D eigenvalue weighted by atomic mass is 10.0. The van der Waals surface area contributed by atoms with Crippen molar-refractivity contribution in [3.8, 4) is 5.75 Å². The van der Waals surface area contributed by atoms with Crippen LogP contribution < -0.4 is 65.9 Å². The van der Waals surface area contributed by atoms with Crippen molar-refractivity contribution in [1.82, 2.24) is 37.2 Å². The molecule has 1 aliphatic heterocycles. The zero-order valence-corrected chi connectivity index (χ0v) is 40.0. The molecule has 2 aromatic carbocycles. The van der Waals surface area contributed by atoms with Gasteiger partial charge in [0.2, 0.25) is 41.4 Å². The number of carbonyl (C=O) groups is 8. The molecule has 24 nitrogen and oxygen atoms in total. The summed E-state index contributed by atoms with van der Waals surface area (Å²) in [5, 5.41) is 37.6. The molecule has 378 valence electrons. The van der Waals surface area contributed by atoms with E-state index in [1.807, 2.05) is 0 Å². The molecule has 0 saturated carbocycles. The molecule has 1 aliphatic rings. The SMILES string of the molecule is CC1(C)CNC(=O)CC(NC(=O)C(N)Cc2ccc(O)cc2)C(=O)NCC(=O)NC(Cc2ccccc2)C(=O)NC(C(=O)NC(CCCN=C(N)N)C(=O)NC(CCCN=C(N)N)C(=O)O)CSS1. The molecule has 2 aromatic rings. The van der Waals surface area contributed by atoms with Crippen LogP contribution in [0.25, 0.3) is 0 Å². The summed E-state index contributed by atoms with van der Waals surface area (Å²) < 4.78 is -0.741. The van der Waals surface area contributed by atoms with Crippen LogP contribution in [-0.4, -0.2) is 142 Å². The molecule has 6 unspecified atom stereocenters. The topological polar surface area (TPSA) is 416 Å². The maximum atomic E-state index is 14.3. The van der Waals surface area contributed by atoms with Crippen LogP contribution in [0.15, 0.2) is 64.6 Å². The number of aliphatic carboxylic acids is 1. The van der Waals surface area contributed by atoms with Gasteiger partial charge in [0.15, 0.2) is 11.9 Å². The van der Waals surface area contributed by atoms with Crippen LogP contribution in [0.3, 0.4) is 0 Å². The van der Waals surface area contributed by atoms with E-state index in [0.717, 1.165) is 10.8 Å². The molecule has 3 rings (SSSR count). The van der Waals surface area contributed by atoms with Crippen LogP contribution in [0.5, 0.6) is 5.75 Å². The van der Waals surface area contributed by atoms with Crippen LogP contribution in [0.1, 0.15) is 57.1 Å². The highest BCUT2D eigenvalue weighted by molar-refractivity contribution is 8.77. The number of phenols is 1. The van der Waals surface area contributed by atoms with Gasteiger partial charge in [0.05, 0.1) is 19.0 Å². The number of guanidine groups is 2. The number of phenolic OH excluding ortho intramolecular Hbond substituents is 1. The molecule has 6 atom stereocenters. The van der Waals surface area contributed by atoms with Crippen molar-refractivity contribution >= 4 is 80.8 Å². The largest absolute Gasteiger partial charge is 0.508 e. The number of amides is 7. The van der Waals surface area contributed by atoms with Gasteiger partial charge in [-0.2, -0.15) is 0 Å².